The topological polar surface area (TPSA) is 95.9 Å². The largest absolute Gasteiger partial charge is 0.462 e. The van der Waals surface area contributed by atoms with Crippen molar-refractivity contribution < 1.29 is 24.5 Å². The van der Waals surface area contributed by atoms with E-state index >= 15 is 0 Å². The summed E-state index contributed by atoms with van der Waals surface area (Å²) in [5.74, 6) is -0.567. The highest BCUT2D eigenvalue weighted by Gasteiger charge is 2.24. The second-order valence-electron chi connectivity index (χ2n) is 17.6. The van der Waals surface area contributed by atoms with Gasteiger partial charge in [0.15, 0.2) is 0 Å². The third-order valence-corrected chi connectivity index (χ3v) is 11.4. The monoisotopic (exact) mass is 878 g/mol. The average molecular weight is 878 g/mol. The number of aliphatic hydroxyl groups is 2. The average Bonchev–Trinajstić information content (AvgIpc) is 3.28. The Bertz CT molecular complexity index is 1210. The Balaban J connectivity index is 4.74. The van der Waals surface area contributed by atoms with Crippen molar-refractivity contribution in [2.75, 3.05) is 6.61 Å². The Morgan fingerprint density at radius 2 is 0.810 bits per heavy atom. The Morgan fingerprint density at radius 1 is 0.460 bits per heavy atom. The van der Waals surface area contributed by atoms with Gasteiger partial charge >= 0.3 is 5.97 Å². The van der Waals surface area contributed by atoms with Crippen LogP contribution in [0, 0.1) is 0 Å². The van der Waals surface area contributed by atoms with Gasteiger partial charge in [0.1, 0.15) is 6.10 Å². The van der Waals surface area contributed by atoms with E-state index in [0.29, 0.717) is 25.7 Å². The van der Waals surface area contributed by atoms with Crippen molar-refractivity contribution in [1.82, 2.24) is 5.32 Å². The number of carbonyl (C=O) groups excluding carboxylic acids is 2. The molecule has 0 saturated carbocycles. The first-order chi connectivity index (χ1) is 31.0. The lowest BCUT2D eigenvalue weighted by Crippen LogP contribution is -2.46. The van der Waals surface area contributed by atoms with Crippen molar-refractivity contribution in [2.24, 2.45) is 0 Å². The number of hydrogen-bond acceptors (Lipinski definition) is 5. The lowest BCUT2D eigenvalue weighted by Gasteiger charge is -2.24. The molecular weight excluding hydrogens is 779 g/mol. The van der Waals surface area contributed by atoms with Gasteiger partial charge < -0.3 is 20.3 Å². The van der Waals surface area contributed by atoms with Crippen LogP contribution in [0.5, 0.6) is 0 Å². The van der Waals surface area contributed by atoms with Gasteiger partial charge in [-0.1, -0.05) is 209 Å². The van der Waals surface area contributed by atoms with Crippen LogP contribution in [0.15, 0.2) is 85.1 Å². The highest BCUT2D eigenvalue weighted by Crippen LogP contribution is 2.17. The zero-order valence-corrected chi connectivity index (χ0v) is 41.2. The molecule has 0 spiro atoms. The van der Waals surface area contributed by atoms with Crippen LogP contribution in [-0.4, -0.2) is 46.9 Å². The molecule has 0 heterocycles. The third kappa shape index (κ3) is 45.4. The van der Waals surface area contributed by atoms with E-state index in [1.54, 1.807) is 0 Å². The van der Waals surface area contributed by atoms with Crippen LogP contribution in [0.4, 0.5) is 0 Å². The van der Waals surface area contributed by atoms with E-state index in [4.69, 9.17) is 4.74 Å². The van der Waals surface area contributed by atoms with Gasteiger partial charge in [-0.05, 0) is 103 Å². The molecule has 0 aliphatic rings. The summed E-state index contributed by atoms with van der Waals surface area (Å²) in [6.07, 6.45) is 65.0. The summed E-state index contributed by atoms with van der Waals surface area (Å²) in [6, 6.07) is -0.724. The molecule has 362 valence electrons. The van der Waals surface area contributed by atoms with Crippen LogP contribution < -0.4 is 5.32 Å². The molecule has 0 aromatic rings. The first kappa shape index (κ1) is 60.0. The molecule has 63 heavy (non-hydrogen) atoms. The molecule has 3 N–H and O–H groups in total. The Morgan fingerprint density at radius 3 is 1.25 bits per heavy atom. The summed E-state index contributed by atoms with van der Waals surface area (Å²) in [5.41, 5.74) is 0. The maximum absolute atomic E-state index is 13.2. The number of nitrogens with one attached hydrogen (secondary N) is 1. The second kappa shape index (κ2) is 50.0. The van der Waals surface area contributed by atoms with Crippen LogP contribution in [0.25, 0.3) is 0 Å². The number of aliphatic hydroxyl groups excluding tert-OH is 2. The predicted molar refractivity (Wildman–Crippen MR) is 273 cm³/mol. The normalized spacial score (nSPS) is 13.9. The number of ether oxygens (including phenoxy) is 1. The fourth-order valence-corrected chi connectivity index (χ4v) is 7.43. The van der Waals surface area contributed by atoms with Crippen molar-refractivity contribution in [3.63, 3.8) is 0 Å². The van der Waals surface area contributed by atoms with Gasteiger partial charge in [-0.3, -0.25) is 9.59 Å². The predicted octanol–water partition coefficient (Wildman–Crippen LogP) is 16.0. The van der Waals surface area contributed by atoms with Gasteiger partial charge in [-0.2, -0.15) is 0 Å². The van der Waals surface area contributed by atoms with E-state index in [-0.39, 0.29) is 24.9 Å². The zero-order chi connectivity index (χ0) is 45.9. The SMILES string of the molecule is CCCCC/C=C\C/C=C\C/C=C\C/C=C\CCCC(=O)OC(CCCCCC/C=C\C/C=C\C/C=C\CCCCC)CC(=O)NC(CO)C(O)CCCCCCCCCCCC. The Kier molecular flexibility index (Phi) is 47.7. The molecule has 0 aliphatic heterocycles. The number of allylic oxidation sites excluding steroid dienone is 14. The highest BCUT2D eigenvalue weighted by molar-refractivity contribution is 5.77. The molecule has 0 bridgehead atoms. The molecule has 0 fully saturated rings. The minimum atomic E-state index is -0.806. The van der Waals surface area contributed by atoms with Gasteiger partial charge in [0.25, 0.3) is 0 Å². The van der Waals surface area contributed by atoms with Gasteiger partial charge in [-0.15, -0.1) is 0 Å². The zero-order valence-electron chi connectivity index (χ0n) is 41.2. The molecule has 6 heteroatoms. The fourth-order valence-electron chi connectivity index (χ4n) is 7.43. The number of hydrogen-bond donors (Lipinski definition) is 3. The molecule has 3 unspecified atom stereocenters. The summed E-state index contributed by atoms with van der Waals surface area (Å²) in [7, 11) is 0. The molecule has 0 rings (SSSR count). The maximum atomic E-state index is 13.2. The quantitative estimate of drug-likeness (QED) is 0.0322. The number of amides is 1. The number of unbranched alkanes of at least 4 members (excludes halogenated alkanes) is 20. The molecular formula is C57H99NO5. The standard InChI is InChI=1S/C57H99NO5/c1-4-7-10-13-16-19-22-24-26-28-30-32-34-36-39-42-45-48-53(51-56(61)58-54(52-59)55(60)49-46-43-40-37-21-18-15-12-9-6-3)63-57(62)50-47-44-41-38-35-33-31-29-27-25-23-20-17-14-11-8-5-2/h16-17,19-20,24-27,30-33,38,41,53-55,59-60H,4-15,18,21-23,28-29,34-37,39-40,42-52H2,1-3H3,(H,58,61)/b19-16-,20-17-,26-24-,27-25-,32-30-,33-31-,41-38-. The van der Waals surface area contributed by atoms with Crippen LogP contribution in [-0.2, 0) is 14.3 Å². The van der Waals surface area contributed by atoms with E-state index in [2.05, 4.69) is 111 Å². The molecule has 1 amide bonds. The third-order valence-electron chi connectivity index (χ3n) is 11.4. The summed E-state index contributed by atoms with van der Waals surface area (Å²) in [4.78, 5) is 26.1. The van der Waals surface area contributed by atoms with Gasteiger partial charge in [0.2, 0.25) is 5.91 Å². The number of carbonyl (C=O) groups is 2. The molecule has 0 aromatic heterocycles. The highest BCUT2D eigenvalue weighted by atomic mass is 16.5. The van der Waals surface area contributed by atoms with E-state index in [1.165, 1.54) is 96.3 Å². The lowest BCUT2D eigenvalue weighted by molar-refractivity contribution is -0.151. The first-order valence-corrected chi connectivity index (χ1v) is 26.3. The van der Waals surface area contributed by atoms with E-state index in [0.717, 1.165) is 89.9 Å². The van der Waals surface area contributed by atoms with Crippen molar-refractivity contribution >= 4 is 11.9 Å². The fraction of sp³-hybridized carbons (Fsp3) is 0.719. The van der Waals surface area contributed by atoms with Crippen molar-refractivity contribution in [3.05, 3.63) is 85.1 Å². The van der Waals surface area contributed by atoms with E-state index in [9.17, 15) is 19.8 Å². The molecule has 6 nitrogen and oxygen atoms in total. The Hall–Kier alpha value is -2.96. The summed E-state index contributed by atoms with van der Waals surface area (Å²) < 4.78 is 5.90. The van der Waals surface area contributed by atoms with Crippen molar-refractivity contribution in [2.45, 2.75) is 257 Å². The van der Waals surface area contributed by atoms with Crippen LogP contribution in [0.3, 0.4) is 0 Å². The summed E-state index contributed by atoms with van der Waals surface area (Å²) in [5, 5.41) is 23.7. The van der Waals surface area contributed by atoms with Gasteiger partial charge in [0, 0.05) is 6.42 Å². The minimum Gasteiger partial charge on any atom is -0.462 e. The van der Waals surface area contributed by atoms with Gasteiger partial charge in [0.05, 0.1) is 25.2 Å². The molecule has 3 atom stereocenters. The van der Waals surface area contributed by atoms with Crippen molar-refractivity contribution in [3.8, 4) is 0 Å². The molecule has 0 aromatic carbocycles. The van der Waals surface area contributed by atoms with Crippen LogP contribution in [0.2, 0.25) is 0 Å². The lowest BCUT2D eigenvalue weighted by atomic mass is 10.0. The van der Waals surface area contributed by atoms with Crippen LogP contribution >= 0.6 is 0 Å². The van der Waals surface area contributed by atoms with E-state index < -0.39 is 18.2 Å². The smallest absolute Gasteiger partial charge is 0.306 e. The molecule has 0 radical (unpaired) electrons. The van der Waals surface area contributed by atoms with Crippen LogP contribution in [0.1, 0.15) is 239 Å². The second-order valence-corrected chi connectivity index (χ2v) is 17.6. The van der Waals surface area contributed by atoms with Crippen molar-refractivity contribution in [1.29, 1.82) is 0 Å². The summed E-state index contributed by atoms with van der Waals surface area (Å²) in [6.45, 7) is 6.39. The summed E-state index contributed by atoms with van der Waals surface area (Å²) >= 11 is 0. The Labute approximate surface area is 389 Å². The maximum Gasteiger partial charge on any atom is 0.306 e. The minimum absolute atomic E-state index is 0.0370. The van der Waals surface area contributed by atoms with Gasteiger partial charge in [-0.25, -0.2) is 0 Å². The van der Waals surface area contributed by atoms with E-state index in [1.807, 2.05) is 0 Å². The molecule has 0 aliphatic carbocycles. The molecule has 0 saturated heterocycles. The first-order valence-electron chi connectivity index (χ1n) is 26.3. The number of rotatable bonds is 46. The number of esters is 1.